The number of ether oxygens (including phenoxy) is 3. The third-order valence-corrected chi connectivity index (χ3v) is 5.12. The average molecular weight is 451 g/mol. The zero-order valence-electron chi connectivity index (χ0n) is 16.1. The van der Waals surface area contributed by atoms with E-state index in [2.05, 4.69) is 5.32 Å². The highest BCUT2D eigenvalue weighted by molar-refractivity contribution is 6.46. The third-order valence-electron chi connectivity index (χ3n) is 4.31. The van der Waals surface area contributed by atoms with Crippen molar-refractivity contribution < 1.29 is 28.6 Å². The van der Waals surface area contributed by atoms with Crippen molar-refractivity contribution >= 4 is 52.8 Å². The molecule has 1 aliphatic heterocycles. The molecule has 156 valence electrons. The van der Waals surface area contributed by atoms with Crippen molar-refractivity contribution in [3.8, 4) is 17.2 Å². The molecule has 0 saturated carbocycles. The molecule has 1 N–H and O–H groups in total. The topological polar surface area (TPSA) is 94.2 Å². The lowest BCUT2D eigenvalue weighted by atomic mass is 10.0. The third kappa shape index (κ3) is 3.67. The van der Waals surface area contributed by atoms with Crippen LogP contribution in [-0.2, 0) is 9.59 Å². The first-order valence-corrected chi connectivity index (χ1v) is 9.24. The molecule has 0 radical (unpaired) electrons. The van der Waals surface area contributed by atoms with Gasteiger partial charge in [0.15, 0.2) is 11.5 Å². The van der Waals surface area contributed by atoms with Crippen LogP contribution in [0.3, 0.4) is 0 Å². The number of carbonyl (C=O) groups is 3. The van der Waals surface area contributed by atoms with Gasteiger partial charge in [-0.1, -0.05) is 29.3 Å². The fraction of sp³-hybridized carbons (Fsp3) is 0.150. The molecule has 8 nitrogen and oxygen atoms in total. The smallest absolute Gasteiger partial charge is 0.336 e. The van der Waals surface area contributed by atoms with Crippen molar-refractivity contribution in [2.75, 3.05) is 26.2 Å². The number of rotatable bonds is 5. The Bertz CT molecular complexity index is 1080. The summed E-state index contributed by atoms with van der Waals surface area (Å²) in [5.41, 5.74) is 0.0978. The number of hydrogen-bond donors (Lipinski definition) is 1. The van der Waals surface area contributed by atoms with Crippen molar-refractivity contribution in [2.45, 2.75) is 0 Å². The van der Waals surface area contributed by atoms with E-state index >= 15 is 0 Å². The maximum Gasteiger partial charge on any atom is 0.336 e. The fourth-order valence-electron chi connectivity index (χ4n) is 2.93. The van der Waals surface area contributed by atoms with Crippen LogP contribution in [0.5, 0.6) is 17.2 Å². The molecule has 0 aliphatic carbocycles. The van der Waals surface area contributed by atoms with Gasteiger partial charge in [-0.2, -0.15) is 0 Å². The Hall–Kier alpha value is -3.23. The fourth-order valence-corrected chi connectivity index (χ4v) is 3.31. The van der Waals surface area contributed by atoms with Gasteiger partial charge in [0, 0.05) is 5.56 Å². The van der Waals surface area contributed by atoms with Crippen molar-refractivity contribution in [2.24, 2.45) is 0 Å². The molecule has 1 fully saturated rings. The van der Waals surface area contributed by atoms with E-state index in [0.29, 0.717) is 11.3 Å². The van der Waals surface area contributed by atoms with Crippen LogP contribution in [-0.4, -0.2) is 39.2 Å². The second kappa shape index (κ2) is 8.64. The lowest BCUT2D eigenvalue weighted by Crippen LogP contribution is -2.54. The molecule has 0 spiro atoms. The van der Waals surface area contributed by atoms with Crippen molar-refractivity contribution in [1.29, 1.82) is 0 Å². The Labute approximate surface area is 181 Å². The summed E-state index contributed by atoms with van der Waals surface area (Å²) in [7, 11) is 4.30. The summed E-state index contributed by atoms with van der Waals surface area (Å²) >= 11 is 12.2. The zero-order valence-corrected chi connectivity index (χ0v) is 17.6. The summed E-state index contributed by atoms with van der Waals surface area (Å²) in [6, 6.07) is 6.72. The second-order valence-corrected chi connectivity index (χ2v) is 6.74. The van der Waals surface area contributed by atoms with E-state index in [9.17, 15) is 14.4 Å². The first-order chi connectivity index (χ1) is 14.3. The van der Waals surface area contributed by atoms with Gasteiger partial charge in [-0.05, 0) is 30.3 Å². The van der Waals surface area contributed by atoms with Crippen LogP contribution in [0.1, 0.15) is 5.56 Å². The van der Waals surface area contributed by atoms with Crippen LogP contribution < -0.4 is 24.4 Å². The molecule has 0 bridgehead atoms. The van der Waals surface area contributed by atoms with Gasteiger partial charge in [0.05, 0.1) is 37.1 Å². The van der Waals surface area contributed by atoms with Gasteiger partial charge in [0.2, 0.25) is 5.75 Å². The van der Waals surface area contributed by atoms with Crippen LogP contribution in [0.15, 0.2) is 35.9 Å². The molecule has 0 atom stereocenters. The number of carbonyl (C=O) groups excluding carboxylic acids is 3. The molecular weight excluding hydrogens is 435 g/mol. The highest BCUT2D eigenvalue weighted by atomic mass is 35.5. The monoisotopic (exact) mass is 450 g/mol. The van der Waals surface area contributed by atoms with Gasteiger partial charge in [0.1, 0.15) is 5.57 Å². The minimum atomic E-state index is -0.939. The van der Waals surface area contributed by atoms with Crippen LogP contribution in [0.2, 0.25) is 10.0 Å². The number of amides is 4. The molecule has 0 unspecified atom stereocenters. The first-order valence-electron chi connectivity index (χ1n) is 8.48. The number of urea groups is 1. The highest BCUT2D eigenvalue weighted by Gasteiger charge is 2.38. The van der Waals surface area contributed by atoms with Crippen molar-refractivity contribution in [3.05, 3.63) is 51.5 Å². The number of halogens is 2. The van der Waals surface area contributed by atoms with E-state index < -0.39 is 17.8 Å². The van der Waals surface area contributed by atoms with Crippen LogP contribution >= 0.6 is 23.2 Å². The quantitative estimate of drug-likeness (QED) is 0.551. The minimum Gasteiger partial charge on any atom is -0.493 e. The van der Waals surface area contributed by atoms with Gasteiger partial charge in [0.25, 0.3) is 11.8 Å². The van der Waals surface area contributed by atoms with Crippen LogP contribution in [0.25, 0.3) is 6.08 Å². The SMILES string of the molecule is COc1ccc(/C=C2/C(=O)NC(=O)N(c3cccc(Cl)c3Cl)C2=O)c(OC)c1OC. The predicted molar refractivity (Wildman–Crippen MR) is 112 cm³/mol. The predicted octanol–water partition coefficient (Wildman–Crippen LogP) is 3.69. The van der Waals surface area contributed by atoms with E-state index in [-0.39, 0.29) is 32.8 Å². The van der Waals surface area contributed by atoms with Crippen molar-refractivity contribution in [1.82, 2.24) is 5.32 Å². The standard InChI is InChI=1S/C20H16Cl2N2O6/c1-28-14-8-7-10(16(29-2)17(14)30-3)9-11-18(25)23-20(27)24(19(11)26)13-6-4-5-12(21)15(13)22/h4-9H,1-3H3,(H,23,25,27)/b11-9-. The molecule has 30 heavy (non-hydrogen) atoms. The molecule has 10 heteroatoms. The normalized spacial score (nSPS) is 15.3. The molecule has 2 aromatic rings. The molecule has 3 rings (SSSR count). The van der Waals surface area contributed by atoms with Gasteiger partial charge in [-0.3, -0.25) is 14.9 Å². The van der Waals surface area contributed by atoms with Gasteiger partial charge in [-0.25, -0.2) is 9.69 Å². The Morgan fingerprint density at radius 3 is 2.27 bits per heavy atom. The number of barbiturate groups is 1. The number of anilines is 1. The maximum atomic E-state index is 13.1. The maximum absolute atomic E-state index is 13.1. The van der Waals surface area contributed by atoms with Gasteiger partial charge < -0.3 is 14.2 Å². The zero-order chi connectivity index (χ0) is 22.0. The molecule has 2 aromatic carbocycles. The minimum absolute atomic E-state index is 0.0000583. The van der Waals surface area contributed by atoms with E-state index in [1.165, 1.54) is 45.6 Å². The summed E-state index contributed by atoms with van der Waals surface area (Å²) in [5, 5.41) is 2.28. The van der Waals surface area contributed by atoms with Gasteiger partial charge in [-0.15, -0.1) is 0 Å². The number of imide groups is 2. The van der Waals surface area contributed by atoms with E-state index in [4.69, 9.17) is 37.4 Å². The summed E-state index contributed by atoms with van der Waals surface area (Å²) in [4.78, 5) is 38.6. The summed E-state index contributed by atoms with van der Waals surface area (Å²) in [5.74, 6) is -0.808. The van der Waals surface area contributed by atoms with Gasteiger partial charge >= 0.3 is 6.03 Å². The number of nitrogens with zero attached hydrogens (tertiary/aromatic N) is 1. The summed E-state index contributed by atoms with van der Waals surface area (Å²) in [6.07, 6.45) is 1.29. The lowest BCUT2D eigenvalue weighted by molar-refractivity contribution is -0.122. The largest absolute Gasteiger partial charge is 0.493 e. The summed E-state index contributed by atoms with van der Waals surface area (Å²) < 4.78 is 15.9. The Morgan fingerprint density at radius 1 is 0.933 bits per heavy atom. The first kappa shape index (κ1) is 21.5. The highest BCUT2D eigenvalue weighted by Crippen LogP contribution is 2.41. The number of nitrogens with one attached hydrogen (secondary N) is 1. The Kier molecular flexibility index (Phi) is 6.19. The lowest BCUT2D eigenvalue weighted by Gasteiger charge is -2.27. The molecule has 4 amide bonds. The summed E-state index contributed by atoms with van der Waals surface area (Å²) in [6.45, 7) is 0. The Balaban J connectivity index is 2.13. The second-order valence-electron chi connectivity index (χ2n) is 5.95. The van der Waals surface area contributed by atoms with E-state index in [1.807, 2.05) is 0 Å². The van der Waals surface area contributed by atoms with Crippen LogP contribution in [0, 0.1) is 0 Å². The number of hydrogen-bond acceptors (Lipinski definition) is 6. The van der Waals surface area contributed by atoms with E-state index in [0.717, 1.165) is 4.90 Å². The molecule has 1 aliphatic rings. The van der Waals surface area contributed by atoms with Crippen LogP contribution in [0.4, 0.5) is 10.5 Å². The average Bonchev–Trinajstić information content (AvgIpc) is 2.73. The molecule has 1 saturated heterocycles. The number of benzene rings is 2. The Morgan fingerprint density at radius 2 is 1.63 bits per heavy atom. The van der Waals surface area contributed by atoms with Crippen molar-refractivity contribution in [3.63, 3.8) is 0 Å². The van der Waals surface area contributed by atoms with E-state index in [1.54, 1.807) is 12.1 Å². The molecule has 0 aromatic heterocycles. The molecular formula is C20H16Cl2N2O6. The number of methoxy groups -OCH3 is 3. The molecule has 1 heterocycles.